The Balaban J connectivity index is 1.50. The summed E-state index contributed by atoms with van der Waals surface area (Å²) in [4.78, 5) is 10.5. The number of aryl methyl sites for hydroxylation is 1. The van der Waals surface area contributed by atoms with E-state index in [0.29, 0.717) is 23.6 Å². The average molecular weight is 448 g/mol. The molecule has 164 valence electrons. The fourth-order valence-electron chi connectivity index (χ4n) is 3.64. The first-order valence-electron chi connectivity index (χ1n) is 9.74. The Bertz CT molecular complexity index is 1190. The SMILES string of the molecule is Cc1cccc(-c2cc(N3CCN(S(=O)(=O)c4cnn(C(F)F)c4C)CC3)ncn2)c1. The van der Waals surface area contributed by atoms with Crippen molar-refractivity contribution in [2.24, 2.45) is 0 Å². The lowest BCUT2D eigenvalue weighted by atomic mass is 10.1. The number of nitrogens with zero attached hydrogens (tertiary/aromatic N) is 6. The number of piperazine rings is 1. The molecule has 0 N–H and O–H groups in total. The third kappa shape index (κ3) is 4.15. The maximum atomic E-state index is 13.0. The molecule has 1 saturated heterocycles. The Labute approximate surface area is 179 Å². The molecule has 3 aromatic rings. The number of anilines is 1. The molecule has 0 amide bonds. The lowest BCUT2D eigenvalue weighted by Gasteiger charge is -2.34. The van der Waals surface area contributed by atoms with Crippen LogP contribution in [0.4, 0.5) is 14.6 Å². The van der Waals surface area contributed by atoms with Crippen LogP contribution in [0.25, 0.3) is 11.3 Å². The quantitative estimate of drug-likeness (QED) is 0.597. The zero-order chi connectivity index (χ0) is 22.2. The first-order chi connectivity index (χ1) is 14.8. The van der Waals surface area contributed by atoms with Crippen LogP contribution in [-0.4, -0.2) is 58.7 Å². The minimum absolute atomic E-state index is 0.0731. The molecule has 31 heavy (non-hydrogen) atoms. The Kier molecular flexibility index (Phi) is 5.71. The molecular formula is C20H22F2N6O2S. The summed E-state index contributed by atoms with van der Waals surface area (Å²) in [6.07, 6.45) is 2.49. The third-order valence-corrected chi connectivity index (χ3v) is 7.33. The first kappa shape index (κ1) is 21.3. The van der Waals surface area contributed by atoms with E-state index in [0.717, 1.165) is 23.0 Å². The highest BCUT2D eigenvalue weighted by atomic mass is 32.2. The largest absolute Gasteiger partial charge is 0.354 e. The van der Waals surface area contributed by atoms with Crippen molar-refractivity contribution < 1.29 is 17.2 Å². The van der Waals surface area contributed by atoms with Crippen molar-refractivity contribution in [3.63, 3.8) is 0 Å². The predicted octanol–water partition coefficient (Wildman–Crippen LogP) is 2.86. The minimum Gasteiger partial charge on any atom is -0.354 e. The van der Waals surface area contributed by atoms with Gasteiger partial charge in [-0.3, -0.25) is 0 Å². The van der Waals surface area contributed by atoms with Crippen molar-refractivity contribution in [1.29, 1.82) is 0 Å². The number of benzene rings is 1. The highest BCUT2D eigenvalue weighted by molar-refractivity contribution is 7.89. The summed E-state index contributed by atoms with van der Waals surface area (Å²) in [5.74, 6) is 0.713. The van der Waals surface area contributed by atoms with Gasteiger partial charge in [-0.15, -0.1) is 0 Å². The van der Waals surface area contributed by atoms with Gasteiger partial charge in [-0.1, -0.05) is 23.8 Å². The van der Waals surface area contributed by atoms with Crippen molar-refractivity contribution in [2.45, 2.75) is 25.3 Å². The van der Waals surface area contributed by atoms with Gasteiger partial charge in [0.15, 0.2) is 0 Å². The second-order valence-electron chi connectivity index (χ2n) is 7.34. The number of aromatic nitrogens is 4. The van der Waals surface area contributed by atoms with Crippen LogP contribution >= 0.6 is 0 Å². The lowest BCUT2D eigenvalue weighted by molar-refractivity contribution is 0.0541. The fourth-order valence-corrected chi connectivity index (χ4v) is 5.21. The van der Waals surface area contributed by atoms with Gasteiger partial charge in [-0.05, 0) is 19.9 Å². The second kappa shape index (κ2) is 8.31. The predicted molar refractivity (Wildman–Crippen MR) is 111 cm³/mol. The van der Waals surface area contributed by atoms with Gasteiger partial charge >= 0.3 is 6.55 Å². The van der Waals surface area contributed by atoms with Crippen molar-refractivity contribution in [3.8, 4) is 11.3 Å². The summed E-state index contributed by atoms with van der Waals surface area (Å²) in [6, 6.07) is 9.88. The van der Waals surface area contributed by atoms with Crippen molar-refractivity contribution in [3.05, 3.63) is 54.1 Å². The van der Waals surface area contributed by atoms with Gasteiger partial charge < -0.3 is 4.90 Å². The summed E-state index contributed by atoms with van der Waals surface area (Å²) in [5.41, 5.74) is 2.83. The fraction of sp³-hybridized carbons (Fsp3) is 0.350. The lowest BCUT2D eigenvalue weighted by Crippen LogP contribution is -2.49. The molecule has 4 rings (SSSR count). The molecule has 0 atom stereocenters. The maximum Gasteiger partial charge on any atom is 0.333 e. The number of alkyl halides is 2. The van der Waals surface area contributed by atoms with Gasteiger partial charge in [-0.25, -0.2) is 23.1 Å². The molecule has 11 heteroatoms. The van der Waals surface area contributed by atoms with Gasteiger partial charge in [0.05, 0.1) is 17.6 Å². The molecule has 2 aromatic heterocycles. The topological polar surface area (TPSA) is 84.2 Å². The maximum absolute atomic E-state index is 13.0. The van der Waals surface area contributed by atoms with Crippen LogP contribution in [0.2, 0.25) is 0 Å². The van der Waals surface area contributed by atoms with Gasteiger partial charge in [0, 0.05) is 37.8 Å². The van der Waals surface area contributed by atoms with Gasteiger partial charge in [0.2, 0.25) is 10.0 Å². The number of rotatable bonds is 5. The number of halogens is 2. The van der Waals surface area contributed by atoms with Crippen molar-refractivity contribution in [2.75, 3.05) is 31.1 Å². The van der Waals surface area contributed by atoms with Crippen LogP contribution in [0.15, 0.2) is 47.8 Å². The molecule has 0 spiro atoms. The second-order valence-corrected chi connectivity index (χ2v) is 9.24. The average Bonchev–Trinajstić information content (AvgIpc) is 3.16. The third-order valence-electron chi connectivity index (χ3n) is 5.33. The Morgan fingerprint density at radius 3 is 2.42 bits per heavy atom. The summed E-state index contributed by atoms with van der Waals surface area (Å²) in [6.45, 7) is 1.73. The van der Waals surface area contributed by atoms with E-state index in [4.69, 9.17) is 0 Å². The van der Waals surface area contributed by atoms with E-state index in [1.165, 1.54) is 17.6 Å². The monoisotopic (exact) mass is 448 g/mol. The van der Waals surface area contributed by atoms with E-state index in [2.05, 4.69) is 15.1 Å². The molecule has 0 aliphatic carbocycles. The van der Waals surface area contributed by atoms with Crippen molar-refractivity contribution >= 4 is 15.8 Å². The summed E-state index contributed by atoms with van der Waals surface area (Å²) < 4.78 is 53.5. The molecule has 0 saturated carbocycles. The zero-order valence-corrected chi connectivity index (χ0v) is 17.9. The molecule has 1 aliphatic heterocycles. The van der Waals surface area contributed by atoms with Crippen LogP contribution in [0.5, 0.6) is 0 Å². The van der Waals surface area contributed by atoms with Gasteiger partial charge in [0.25, 0.3) is 0 Å². The van der Waals surface area contributed by atoms with Crippen LogP contribution in [0, 0.1) is 13.8 Å². The molecule has 0 radical (unpaired) electrons. The van der Waals surface area contributed by atoms with E-state index >= 15 is 0 Å². The smallest absolute Gasteiger partial charge is 0.333 e. The summed E-state index contributed by atoms with van der Waals surface area (Å²) >= 11 is 0. The van der Waals surface area contributed by atoms with Crippen LogP contribution in [-0.2, 0) is 10.0 Å². The summed E-state index contributed by atoms with van der Waals surface area (Å²) in [7, 11) is -3.91. The van der Waals surface area contributed by atoms with E-state index in [9.17, 15) is 17.2 Å². The Morgan fingerprint density at radius 1 is 1.03 bits per heavy atom. The Hall–Kier alpha value is -2.92. The van der Waals surface area contributed by atoms with Crippen LogP contribution < -0.4 is 4.90 Å². The Morgan fingerprint density at radius 2 is 1.77 bits per heavy atom. The van der Waals surface area contributed by atoms with Gasteiger partial charge in [-0.2, -0.15) is 18.2 Å². The molecular weight excluding hydrogens is 426 g/mol. The first-order valence-corrected chi connectivity index (χ1v) is 11.2. The molecule has 3 heterocycles. The number of hydrogen-bond donors (Lipinski definition) is 0. The highest BCUT2D eigenvalue weighted by Gasteiger charge is 2.32. The standard InChI is InChI=1S/C20H22F2N6O2S/c1-14-4-3-5-16(10-14)17-11-19(24-13-23-17)26-6-8-27(9-7-26)31(29,30)18-12-25-28(15(18)2)20(21)22/h3-5,10-13,20H,6-9H2,1-2H3. The molecule has 8 nitrogen and oxygen atoms in total. The van der Waals surface area contributed by atoms with Crippen LogP contribution in [0.3, 0.4) is 0 Å². The zero-order valence-electron chi connectivity index (χ0n) is 17.1. The molecule has 0 bridgehead atoms. The van der Waals surface area contributed by atoms with E-state index in [-0.39, 0.29) is 23.7 Å². The molecule has 0 unspecified atom stereocenters. The van der Waals surface area contributed by atoms with E-state index in [1.807, 2.05) is 42.2 Å². The summed E-state index contributed by atoms with van der Waals surface area (Å²) in [5, 5.41) is 3.52. The van der Waals surface area contributed by atoms with Crippen molar-refractivity contribution in [1.82, 2.24) is 24.1 Å². The number of sulfonamides is 1. The number of hydrogen-bond acceptors (Lipinski definition) is 6. The molecule has 1 aromatic carbocycles. The van der Waals surface area contributed by atoms with Crippen LogP contribution in [0.1, 0.15) is 17.8 Å². The normalized spacial score (nSPS) is 15.6. The van der Waals surface area contributed by atoms with E-state index in [1.54, 1.807) is 0 Å². The molecule has 1 fully saturated rings. The van der Waals surface area contributed by atoms with Gasteiger partial charge in [0.1, 0.15) is 17.0 Å². The molecule has 1 aliphatic rings. The van der Waals surface area contributed by atoms with E-state index < -0.39 is 16.6 Å². The highest BCUT2D eigenvalue weighted by Crippen LogP contribution is 2.26. The minimum atomic E-state index is -3.91.